The molecule has 1 aliphatic carbocycles. The van der Waals surface area contributed by atoms with Crippen molar-refractivity contribution in [2.24, 2.45) is 11.8 Å². The molecule has 5 atom stereocenters. The minimum Gasteiger partial charge on any atom is -0.393 e. The molecule has 4 N–H and O–H groups in total. The van der Waals surface area contributed by atoms with Gasteiger partial charge in [0.1, 0.15) is 0 Å². The van der Waals surface area contributed by atoms with Gasteiger partial charge in [-0.3, -0.25) is 9.69 Å². The number of unbranched alkanes of at least 4 members (excludes halogenated alkanes) is 1. The lowest BCUT2D eigenvalue weighted by Crippen LogP contribution is -2.48. The van der Waals surface area contributed by atoms with Crippen LogP contribution >= 0.6 is 0 Å². The Morgan fingerprint density at radius 2 is 1.72 bits per heavy atom. The molecular weight excluding hydrogens is 552 g/mol. The molecule has 3 rings (SSSR count). The third-order valence-electron chi connectivity index (χ3n) is 8.84. The van der Waals surface area contributed by atoms with Crippen molar-refractivity contribution >= 4 is 5.91 Å². The van der Waals surface area contributed by atoms with Gasteiger partial charge in [0.15, 0.2) is 0 Å². The summed E-state index contributed by atoms with van der Waals surface area (Å²) in [5.41, 5.74) is 1.21. The number of rotatable bonds is 20. The number of nitrogens with zero attached hydrogens (tertiary/aromatic N) is 3. The Labute approximate surface area is 256 Å². The van der Waals surface area contributed by atoms with E-state index in [1.54, 1.807) is 0 Å². The molecule has 43 heavy (non-hydrogen) atoms. The number of hydrogen-bond acceptors (Lipinski definition) is 9. The van der Waals surface area contributed by atoms with Crippen molar-refractivity contribution in [3.05, 3.63) is 58.2 Å². The first-order valence-electron chi connectivity index (χ1n) is 16.0. The molecule has 11 heteroatoms. The number of carbonyl (C=O) groups is 1. The lowest BCUT2D eigenvalue weighted by Gasteiger charge is -2.34. The first-order chi connectivity index (χ1) is 20.8. The highest BCUT2D eigenvalue weighted by atomic mass is 16.9. The fraction of sp³-hybridized carbons (Fsp3) is 0.719. The van der Waals surface area contributed by atoms with E-state index in [1.807, 2.05) is 18.2 Å². The lowest BCUT2D eigenvalue weighted by molar-refractivity contribution is -0.757. The van der Waals surface area contributed by atoms with Crippen LogP contribution in [-0.2, 0) is 16.1 Å². The molecule has 1 aliphatic heterocycles. The van der Waals surface area contributed by atoms with Gasteiger partial charge in [-0.15, -0.1) is 10.1 Å². The average Bonchev–Trinajstić information content (AvgIpc) is 3.27. The van der Waals surface area contributed by atoms with E-state index in [-0.39, 0.29) is 24.3 Å². The van der Waals surface area contributed by atoms with Crippen LogP contribution in [0.5, 0.6) is 0 Å². The first-order valence-corrected chi connectivity index (χ1v) is 16.0. The van der Waals surface area contributed by atoms with Gasteiger partial charge in [0.2, 0.25) is 5.91 Å². The van der Waals surface area contributed by atoms with Crippen LogP contribution in [0.1, 0.15) is 63.4 Å². The fourth-order valence-electron chi connectivity index (χ4n) is 6.27. The molecule has 242 valence electrons. The third kappa shape index (κ3) is 13.7. The Kier molecular flexibility index (Phi) is 16.0. The van der Waals surface area contributed by atoms with E-state index >= 15 is 0 Å². The number of hydrogen-bond donors (Lipinski definition) is 4. The van der Waals surface area contributed by atoms with Crippen molar-refractivity contribution in [2.75, 3.05) is 52.4 Å². The van der Waals surface area contributed by atoms with E-state index < -0.39 is 23.4 Å². The summed E-state index contributed by atoms with van der Waals surface area (Å²) in [4.78, 5) is 31.4. The monoisotopic (exact) mass is 604 g/mol. The van der Waals surface area contributed by atoms with Crippen LogP contribution in [-0.4, -0.2) is 107 Å². The zero-order valence-electron chi connectivity index (χ0n) is 25.5. The van der Waals surface area contributed by atoms with Gasteiger partial charge in [-0.2, -0.15) is 0 Å². The molecule has 1 amide bonds. The van der Waals surface area contributed by atoms with E-state index in [1.165, 1.54) is 5.56 Å². The number of aliphatic hydroxyl groups is 3. The van der Waals surface area contributed by atoms with E-state index in [4.69, 9.17) is 0 Å². The van der Waals surface area contributed by atoms with Gasteiger partial charge in [0.05, 0.1) is 24.9 Å². The SMILES string of the molecule is O=C(CCC/C=C\C[C@@H]1[C@@H](CC[C@@H](O)CCc2ccccc2)[C@H](O)C[C@@H]1O)NCCN1CCN(CCCO[N+](=O)[O-])CC1. The number of aliphatic hydroxyl groups excluding tert-OH is 3. The topological polar surface area (TPSA) is 149 Å². The van der Waals surface area contributed by atoms with Crippen LogP contribution in [0.2, 0.25) is 0 Å². The lowest BCUT2D eigenvalue weighted by atomic mass is 9.85. The summed E-state index contributed by atoms with van der Waals surface area (Å²) in [7, 11) is 0. The van der Waals surface area contributed by atoms with Crippen molar-refractivity contribution in [2.45, 2.75) is 82.5 Å². The summed E-state index contributed by atoms with van der Waals surface area (Å²) in [6, 6.07) is 10.1. The smallest absolute Gasteiger partial charge is 0.294 e. The summed E-state index contributed by atoms with van der Waals surface area (Å²) in [6.45, 7) is 6.00. The molecule has 0 radical (unpaired) electrons. The van der Waals surface area contributed by atoms with Crippen molar-refractivity contribution < 1.29 is 30.0 Å². The number of nitrogens with one attached hydrogen (secondary N) is 1. The summed E-state index contributed by atoms with van der Waals surface area (Å²) in [5.74, 6) is 0.0218. The Bertz CT molecular complexity index is 958. The Morgan fingerprint density at radius 1 is 1.02 bits per heavy atom. The summed E-state index contributed by atoms with van der Waals surface area (Å²) < 4.78 is 0. The second kappa shape index (κ2) is 19.7. The molecule has 1 saturated carbocycles. The number of benzene rings is 1. The Balaban J connectivity index is 1.22. The van der Waals surface area contributed by atoms with Gasteiger partial charge in [-0.1, -0.05) is 42.5 Å². The maximum absolute atomic E-state index is 12.2. The molecule has 2 fully saturated rings. The second-order valence-corrected chi connectivity index (χ2v) is 12.0. The summed E-state index contributed by atoms with van der Waals surface area (Å²) >= 11 is 0. The van der Waals surface area contributed by atoms with Crippen molar-refractivity contribution in [1.29, 1.82) is 0 Å². The maximum Gasteiger partial charge on any atom is 0.294 e. The first kappa shape index (κ1) is 34.9. The zero-order valence-corrected chi connectivity index (χ0v) is 25.5. The van der Waals surface area contributed by atoms with E-state index in [0.29, 0.717) is 51.5 Å². The molecule has 2 aliphatic rings. The molecule has 0 unspecified atom stereocenters. The molecule has 1 aromatic carbocycles. The van der Waals surface area contributed by atoms with Crippen molar-refractivity contribution in [3.63, 3.8) is 0 Å². The van der Waals surface area contributed by atoms with Gasteiger partial charge in [0.25, 0.3) is 5.09 Å². The minimum absolute atomic E-state index is 0.0136. The number of carbonyl (C=O) groups excluding carboxylic acids is 1. The van der Waals surface area contributed by atoms with Gasteiger partial charge >= 0.3 is 0 Å². The molecule has 1 saturated heterocycles. The average molecular weight is 605 g/mol. The largest absolute Gasteiger partial charge is 0.393 e. The Hall–Kier alpha value is -2.57. The normalized spacial score (nSPS) is 23.9. The molecule has 0 spiro atoms. The highest BCUT2D eigenvalue weighted by molar-refractivity contribution is 5.75. The van der Waals surface area contributed by atoms with Crippen LogP contribution in [0.4, 0.5) is 0 Å². The van der Waals surface area contributed by atoms with Gasteiger partial charge < -0.3 is 30.4 Å². The molecule has 1 heterocycles. The van der Waals surface area contributed by atoms with E-state index in [2.05, 4.69) is 44.2 Å². The highest BCUT2D eigenvalue weighted by Gasteiger charge is 2.40. The van der Waals surface area contributed by atoms with Crippen LogP contribution < -0.4 is 5.32 Å². The van der Waals surface area contributed by atoms with Gasteiger partial charge in [-0.05, 0) is 75.2 Å². The van der Waals surface area contributed by atoms with Crippen LogP contribution in [0.3, 0.4) is 0 Å². The Morgan fingerprint density at radius 3 is 2.44 bits per heavy atom. The minimum atomic E-state index is -0.752. The third-order valence-corrected chi connectivity index (χ3v) is 8.84. The number of allylic oxidation sites excluding steroid dienone is 2. The zero-order chi connectivity index (χ0) is 30.9. The van der Waals surface area contributed by atoms with E-state index in [0.717, 1.165) is 58.5 Å². The fourth-order valence-corrected chi connectivity index (χ4v) is 6.27. The molecule has 1 aromatic rings. The highest BCUT2D eigenvalue weighted by Crippen LogP contribution is 2.38. The van der Waals surface area contributed by atoms with E-state index in [9.17, 15) is 30.2 Å². The number of piperazine rings is 1. The molecule has 0 aromatic heterocycles. The second-order valence-electron chi connectivity index (χ2n) is 12.0. The van der Waals surface area contributed by atoms with Crippen LogP contribution in [0, 0.1) is 22.0 Å². The van der Waals surface area contributed by atoms with Gasteiger partial charge in [-0.25, -0.2) is 0 Å². The molecule has 11 nitrogen and oxygen atoms in total. The quantitative estimate of drug-likeness (QED) is 0.0763. The van der Waals surface area contributed by atoms with Crippen molar-refractivity contribution in [3.8, 4) is 0 Å². The van der Waals surface area contributed by atoms with Crippen molar-refractivity contribution in [1.82, 2.24) is 15.1 Å². The maximum atomic E-state index is 12.2. The summed E-state index contributed by atoms with van der Waals surface area (Å²) in [6.07, 6.45) is 9.22. The standard InChI is InChI=1S/C32H52N4O7/c37-27(14-13-26-9-4-3-5-10-26)15-16-29-28(30(38)25-31(29)39)11-6-1-2-7-12-32(40)33-17-19-35-22-20-34(21-23-35)18-8-24-43-36(41)42/h1,3-6,9-10,27-31,37-39H,2,7-8,11-25H2,(H,33,40)/b6-1-/t27-,28+,29+,30-,31+/m0/s1. The predicted octanol–water partition coefficient (Wildman–Crippen LogP) is 2.57. The number of aryl methyl sites for hydroxylation is 1. The van der Waals surface area contributed by atoms with Gasteiger partial charge in [0, 0.05) is 52.2 Å². The van der Waals surface area contributed by atoms with Crippen LogP contribution in [0.25, 0.3) is 0 Å². The number of amides is 1. The van der Waals surface area contributed by atoms with Crippen LogP contribution in [0.15, 0.2) is 42.5 Å². The molecule has 0 bridgehead atoms. The predicted molar refractivity (Wildman–Crippen MR) is 165 cm³/mol. The molecular formula is C32H52N4O7. The summed E-state index contributed by atoms with van der Waals surface area (Å²) in [5, 5.41) is 44.0.